The lowest BCUT2D eigenvalue weighted by atomic mass is 10.2. The number of aliphatic imine (C=N–C) groups is 1. The minimum Gasteiger partial charge on any atom is -0.479 e. The number of hydrogen-bond acceptors (Lipinski definition) is 2. The van der Waals surface area contributed by atoms with Gasteiger partial charge in [0.1, 0.15) is 18.0 Å². The van der Waals surface area contributed by atoms with Crippen LogP contribution in [0.3, 0.4) is 0 Å². The predicted octanol–water partition coefficient (Wildman–Crippen LogP) is 4.21. The molecule has 0 aromatic heterocycles. The number of halogens is 1. The van der Waals surface area contributed by atoms with Crippen molar-refractivity contribution in [3.05, 3.63) is 58.6 Å². The van der Waals surface area contributed by atoms with Crippen LogP contribution in [0.1, 0.15) is 5.56 Å². The number of terminal acetylenes is 1. The molecule has 3 heteroatoms. The van der Waals surface area contributed by atoms with E-state index in [0.29, 0.717) is 5.75 Å². The zero-order valence-electron chi connectivity index (χ0n) is 10.2. The van der Waals surface area contributed by atoms with Gasteiger partial charge in [0.05, 0.1) is 0 Å². The van der Waals surface area contributed by atoms with Crippen molar-refractivity contribution in [2.75, 3.05) is 6.61 Å². The molecule has 0 saturated heterocycles. The summed E-state index contributed by atoms with van der Waals surface area (Å²) in [4.78, 5) is 4.43. The monoisotopic (exact) mass is 313 g/mol. The maximum atomic E-state index is 5.44. The van der Waals surface area contributed by atoms with Crippen molar-refractivity contribution in [3.63, 3.8) is 0 Å². The molecule has 0 fully saturated rings. The first-order valence-electron chi connectivity index (χ1n) is 5.74. The lowest BCUT2D eigenvalue weighted by molar-refractivity contribution is 0.372. The van der Waals surface area contributed by atoms with Crippen molar-refractivity contribution >= 4 is 27.8 Å². The van der Waals surface area contributed by atoms with E-state index >= 15 is 0 Å². The molecule has 0 aliphatic carbocycles. The Kier molecular flexibility index (Phi) is 4.77. The molecule has 0 radical (unpaired) electrons. The summed E-state index contributed by atoms with van der Waals surface area (Å²) in [6.07, 6.45) is 6.98. The molecule has 0 heterocycles. The Morgan fingerprint density at radius 3 is 2.63 bits per heavy atom. The van der Waals surface area contributed by atoms with Gasteiger partial charge in [-0.25, -0.2) is 0 Å². The molecule has 0 bridgehead atoms. The van der Waals surface area contributed by atoms with Crippen LogP contribution in [0.4, 0.5) is 5.69 Å². The molecule has 2 nitrogen and oxygen atoms in total. The fourth-order valence-electron chi connectivity index (χ4n) is 1.50. The van der Waals surface area contributed by atoms with E-state index in [1.165, 1.54) is 0 Å². The van der Waals surface area contributed by atoms with Gasteiger partial charge in [0.2, 0.25) is 0 Å². The van der Waals surface area contributed by atoms with Crippen molar-refractivity contribution in [2.45, 2.75) is 0 Å². The van der Waals surface area contributed by atoms with Crippen LogP contribution in [-0.4, -0.2) is 12.8 Å². The Hall–Kier alpha value is -2.05. The third-order valence-electron chi connectivity index (χ3n) is 2.40. The predicted molar refractivity (Wildman–Crippen MR) is 82.2 cm³/mol. The van der Waals surface area contributed by atoms with Gasteiger partial charge in [-0.3, -0.25) is 4.99 Å². The molecule has 0 aliphatic heterocycles. The van der Waals surface area contributed by atoms with Gasteiger partial charge in [-0.2, -0.15) is 0 Å². The van der Waals surface area contributed by atoms with Crippen molar-refractivity contribution < 1.29 is 4.74 Å². The Bertz CT molecular complexity index is 611. The molecule has 0 aliphatic rings. The summed E-state index contributed by atoms with van der Waals surface area (Å²) in [5, 5.41) is 0. The first-order valence-corrected chi connectivity index (χ1v) is 6.54. The van der Waals surface area contributed by atoms with Gasteiger partial charge in [-0.1, -0.05) is 46.1 Å². The van der Waals surface area contributed by atoms with E-state index in [1.807, 2.05) is 48.5 Å². The summed E-state index contributed by atoms with van der Waals surface area (Å²) in [5.74, 6) is 3.13. The molecule has 0 saturated carbocycles. The molecule has 0 atom stereocenters. The van der Waals surface area contributed by atoms with Crippen LogP contribution in [-0.2, 0) is 0 Å². The van der Waals surface area contributed by atoms with E-state index in [1.54, 1.807) is 6.21 Å². The van der Waals surface area contributed by atoms with Gasteiger partial charge in [0, 0.05) is 10.7 Å². The molecule has 94 valence electrons. The summed E-state index contributed by atoms with van der Waals surface area (Å²) >= 11 is 3.40. The average molecular weight is 314 g/mol. The smallest absolute Gasteiger partial charge is 0.148 e. The minimum absolute atomic E-state index is 0.241. The first-order chi connectivity index (χ1) is 9.29. The molecule has 2 rings (SSSR count). The van der Waals surface area contributed by atoms with Crippen LogP contribution in [0.5, 0.6) is 5.75 Å². The third kappa shape index (κ3) is 3.97. The quantitative estimate of drug-likeness (QED) is 0.612. The van der Waals surface area contributed by atoms with Gasteiger partial charge >= 0.3 is 0 Å². The fraction of sp³-hybridized carbons (Fsp3) is 0.0625. The zero-order chi connectivity index (χ0) is 13.5. The maximum absolute atomic E-state index is 5.44. The highest BCUT2D eigenvalue weighted by Crippen LogP contribution is 2.26. The Labute approximate surface area is 121 Å². The number of nitrogens with zero attached hydrogens (tertiary/aromatic N) is 1. The van der Waals surface area contributed by atoms with Gasteiger partial charge in [0.25, 0.3) is 0 Å². The summed E-state index contributed by atoms with van der Waals surface area (Å²) in [6, 6.07) is 15.5. The van der Waals surface area contributed by atoms with Gasteiger partial charge in [-0.05, 0) is 29.8 Å². The lowest BCUT2D eigenvalue weighted by Crippen LogP contribution is -1.93. The molecular formula is C16H12BrNO. The van der Waals surface area contributed by atoms with Crippen LogP contribution in [0, 0.1) is 12.3 Å². The molecule has 0 unspecified atom stereocenters. The highest BCUT2D eigenvalue weighted by atomic mass is 79.9. The summed E-state index contributed by atoms with van der Waals surface area (Å²) in [7, 11) is 0. The van der Waals surface area contributed by atoms with Gasteiger partial charge in [0.15, 0.2) is 0 Å². The lowest BCUT2D eigenvalue weighted by Gasteiger charge is -2.05. The number of benzene rings is 2. The molecule has 2 aromatic carbocycles. The van der Waals surface area contributed by atoms with E-state index in [-0.39, 0.29) is 6.61 Å². The van der Waals surface area contributed by atoms with E-state index in [4.69, 9.17) is 11.2 Å². The molecule has 2 aromatic rings. The van der Waals surface area contributed by atoms with E-state index in [9.17, 15) is 0 Å². The third-order valence-corrected chi connectivity index (χ3v) is 2.93. The molecule has 0 amide bonds. The standard InChI is InChI=1S/C16H12BrNO/c1-2-11-19-16-6-4-3-5-15(16)18-12-13-7-9-14(17)10-8-13/h1,3-10,12H,11H2. The summed E-state index contributed by atoms with van der Waals surface area (Å²) in [6.45, 7) is 0.241. The van der Waals surface area contributed by atoms with E-state index in [2.05, 4.69) is 26.8 Å². The highest BCUT2D eigenvalue weighted by molar-refractivity contribution is 9.10. The second kappa shape index (κ2) is 6.77. The number of hydrogen-bond donors (Lipinski definition) is 0. The Morgan fingerprint density at radius 1 is 1.16 bits per heavy atom. The van der Waals surface area contributed by atoms with Gasteiger partial charge < -0.3 is 4.74 Å². The topological polar surface area (TPSA) is 21.6 Å². The molecule has 0 N–H and O–H groups in total. The molecule has 19 heavy (non-hydrogen) atoms. The second-order valence-electron chi connectivity index (χ2n) is 3.77. The SMILES string of the molecule is C#CCOc1ccccc1N=Cc1ccc(Br)cc1. The molecule has 0 spiro atoms. The second-order valence-corrected chi connectivity index (χ2v) is 4.69. The Morgan fingerprint density at radius 2 is 1.89 bits per heavy atom. The van der Waals surface area contributed by atoms with Crippen LogP contribution in [0.2, 0.25) is 0 Å². The van der Waals surface area contributed by atoms with Crippen LogP contribution in [0.25, 0.3) is 0 Å². The van der Waals surface area contributed by atoms with Crippen molar-refractivity contribution in [2.24, 2.45) is 4.99 Å². The van der Waals surface area contributed by atoms with Crippen LogP contribution >= 0.6 is 15.9 Å². The van der Waals surface area contributed by atoms with Gasteiger partial charge in [-0.15, -0.1) is 6.42 Å². The fourth-order valence-corrected chi connectivity index (χ4v) is 1.76. The number of para-hydroxylation sites is 2. The zero-order valence-corrected chi connectivity index (χ0v) is 11.8. The van der Waals surface area contributed by atoms with Crippen molar-refractivity contribution in [3.8, 4) is 18.1 Å². The van der Waals surface area contributed by atoms with E-state index < -0.39 is 0 Å². The van der Waals surface area contributed by atoms with Crippen LogP contribution < -0.4 is 4.74 Å². The maximum Gasteiger partial charge on any atom is 0.148 e. The molecular weight excluding hydrogens is 302 g/mol. The number of ether oxygens (including phenoxy) is 1. The van der Waals surface area contributed by atoms with Crippen molar-refractivity contribution in [1.29, 1.82) is 0 Å². The van der Waals surface area contributed by atoms with Crippen LogP contribution in [0.15, 0.2) is 58.0 Å². The average Bonchev–Trinajstić information content (AvgIpc) is 2.45. The normalized spacial score (nSPS) is 10.3. The highest BCUT2D eigenvalue weighted by Gasteiger charge is 1.99. The van der Waals surface area contributed by atoms with E-state index in [0.717, 1.165) is 15.7 Å². The summed E-state index contributed by atoms with van der Waals surface area (Å²) < 4.78 is 6.48. The summed E-state index contributed by atoms with van der Waals surface area (Å²) in [5.41, 5.74) is 1.79. The minimum atomic E-state index is 0.241. The largest absolute Gasteiger partial charge is 0.479 e. The number of rotatable bonds is 4. The Balaban J connectivity index is 2.18. The van der Waals surface area contributed by atoms with Crippen molar-refractivity contribution in [1.82, 2.24) is 0 Å². The first kappa shape index (κ1) is 13.4.